The Hall–Kier alpha value is -0.120. The van der Waals surface area contributed by atoms with E-state index >= 15 is 0 Å². The molecule has 1 saturated heterocycles. The van der Waals surface area contributed by atoms with Crippen LogP contribution in [0.4, 0.5) is 0 Å². The summed E-state index contributed by atoms with van der Waals surface area (Å²) in [6.45, 7) is 6.75. The molecule has 3 heteroatoms. The number of morpholine rings is 1. The first-order chi connectivity index (χ1) is 8.36. The summed E-state index contributed by atoms with van der Waals surface area (Å²) < 4.78 is 5.76. The highest BCUT2D eigenvalue weighted by Crippen LogP contribution is 2.33. The van der Waals surface area contributed by atoms with Crippen LogP contribution in [0.2, 0.25) is 0 Å². The summed E-state index contributed by atoms with van der Waals surface area (Å²) in [5, 5.41) is 3.69. The molecule has 98 valence electrons. The summed E-state index contributed by atoms with van der Waals surface area (Å²) >= 11 is 0. The Kier molecular flexibility index (Phi) is 3.69. The summed E-state index contributed by atoms with van der Waals surface area (Å²) in [6, 6.07) is 1.71. The maximum Gasteiger partial charge on any atom is 0.0700 e. The van der Waals surface area contributed by atoms with Crippen LogP contribution in [-0.4, -0.2) is 49.3 Å². The minimum absolute atomic E-state index is 0.487. The van der Waals surface area contributed by atoms with Crippen molar-refractivity contribution in [1.29, 1.82) is 0 Å². The second-order valence-electron chi connectivity index (χ2n) is 5.98. The third-order valence-corrected chi connectivity index (χ3v) is 4.72. The minimum atomic E-state index is 0.487. The molecule has 0 bridgehead atoms. The molecule has 3 unspecified atom stereocenters. The van der Waals surface area contributed by atoms with Gasteiger partial charge in [0, 0.05) is 25.2 Å². The quantitative estimate of drug-likeness (QED) is 0.788. The van der Waals surface area contributed by atoms with E-state index in [0.717, 1.165) is 37.6 Å². The number of rotatable bonds is 5. The number of nitrogens with zero attached hydrogens (tertiary/aromatic N) is 1. The van der Waals surface area contributed by atoms with Crippen molar-refractivity contribution in [2.45, 2.75) is 57.2 Å². The Morgan fingerprint density at radius 1 is 1.24 bits per heavy atom. The summed E-state index contributed by atoms with van der Waals surface area (Å²) in [7, 11) is 0. The van der Waals surface area contributed by atoms with Crippen LogP contribution in [-0.2, 0) is 4.74 Å². The smallest absolute Gasteiger partial charge is 0.0700 e. The van der Waals surface area contributed by atoms with Crippen molar-refractivity contribution < 1.29 is 4.74 Å². The molecule has 3 atom stereocenters. The first-order valence-electron chi connectivity index (χ1n) is 7.46. The van der Waals surface area contributed by atoms with Gasteiger partial charge in [-0.1, -0.05) is 6.92 Å². The molecule has 3 nitrogen and oxygen atoms in total. The Labute approximate surface area is 105 Å². The van der Waals surface area contributed by atoms with Crippen LogP contribution in [0.25, 0.3) is 0 Å². The molecule has 0 aromatic heterocycles. The first kappa shape index (κ1) is 11.9. The average molecular weight is 238 g/mol. The SMILES string of the molecule is CCC1CN(C2CCC2CNC2CC2)CCO1. The lowest BCUT2D eigenvalue weighted by Gasteiger charge is -2.47. The lowest BCUT2D eigenvalue weighted by Crippen LogP contribution is -2.55. The second kappa shape index (κ2) is 5.25. The standard InChI is InChI=1S/C14H26N2O/c1-2-13-10-16(7-8-17-13)14-6-3-11(14)9-15-12-4-5-12/h11-15H,2-10H2,1H3. The van der Waals surface area contributed by atoms with E-state index in [1.807, 2.05) is 0 Å². The van der Waals surface area contributed by atoms with Gasteiger partial charge in [-0.05, 0) is 44.6 Å². The average Bonchev–Trinajstić information content (AvgIpc) is 3.12. The highest BCUT2D eigenvalue weighted by molar-refractivity contribution is 4.93. The normalized spacial score (nSPS) is 39.0. The van der Waals surface area contributed by atoms with Crippen LogP contribution >= 0.6 is 0 Å². The zero-order chi connectivity index (χ0) is 11.7. The predicted octanol–water partition coefficient (Wildman–Crippen LogP) is 1.63. The molecule has 2 aliphatic carbocycles. The van der Waals surface area contributed by atoms with Crippen LogP contribution in [0.3, 0.4) is 0 Å². The zero-order valence-electron chi connectivity index (χ0n) is 11.0. The number of nitrogens with one attached hydrogen (secondary N) is 1. The van der Waals surface area contributed by atoms with E-state index < -0.39 is 0 Å². The lowest BCUT2D eigenvalue weighted by atomic mass is 9.78. The molecule has 1 aliphatic heterocycles. The number of hydrogen-bond donors (Lipinski definition) is 1. The van der Waals surface area contributed by atoms with E-state index in [1.54, 1.807) is 0 Å². The monoisotopic (exact) mass is 238 g/mol. The maximum absolute atomic E-state index is 5.76. The van der Waals surface area contributed by atoms with Crippen molar-refractivity contribution >= 4 is 0 Å². The summed E-state index contributed by atoms with van der Waals surface area (Å²) in [5.74, 6) is 0.909. The van der Waals surface area contributed by atoms with Gasteiger partial charge in [0.05, 0.1) is 12.7 Å². The third kappa shape index (κ3) is 2.83. The van der Waals surface area contributed by atoms with E-state index in [0.29, 0.717) is 6.10 Å². The Bertz CT molecular complexity index is 255. The summed E-state index contributed by atoms with van der Waals surface area (Å²) in [6.07, 6.45) is 7.31. The molecule has 17 heavy (non-hydrogen) atoms. The highest BCUT2D eigenvalue weighted by Gasteiger charge is 2.37. The molecule has 0 aromatic rings. The minimum Gasteiger partial charge on any atom is -0.376 e. The van der Waals surface area contributed by atoms with Crippen molar-refractivity contribution in [3.63, 3.8) is 0 Å². The van der Waals surface area contributed by atoms with Gasteiger partial charge in [0.15, 0.2) is 0 Å². The van der Waals surface area contributed by atoms with Gasteiger partial charge in [0.2, 0.25) is 0 Å². The summed E-state index contributed by atoms with van der Waals surface area (Å²) in [4.78, 5) is 2.69. The van der Waals surface area contributed by atoms with Crippen LogP contribution in [0, 0.1) is 5.92 Å². The van der Waals surface area contributed by atoms with Crippen molar-refractivity contribution in [2.75, 3.05) is 26.2 Å². The molecule has 0 amide bonds. The largest absolute Gasteiger partial charge is 0.376 e. The van der Waals surface area contributed by atoms with E-state index in [1.165, 1.54) is 38.8 Å². The van der Waals surface area contributed by atoms with Gasteiger partial charge in [0.1, 0.15) is 0 Å². The van der Waals surface area contributed by atoms with E-state index in [9.17, 15) is 0 Å². The molecule has 0 aromatic carbocycles. The first-order valence-corrected chi connectivity index (χ1v) is 7.46. The highest BCUT2D eigenvalue weighted by atomic mass is 16.5. The molecular weight excluding hydrogens is 212 g/mol. The Morgan fingerprint density at radius 2 is 2.12 bits per heavy atom. The molecule has 3 aliphatic rings. The van der Waals surface area contributed by atoms with Crippen LogP contribution in [0.5, 0.6) is 0 Å². The fourth-order valence-corrected chi connectivity index (χ4v) is 3.17. The number of ether oxygens (including phenoxy) is 1. The second-order valence-corrected chi connectivity index (χ2v) is 5.98. The van der Waals surface area contributed by atoms with Crippen molar-refractivity contribution in [1.82, 2.24) is 10.2 Å². The van der Waals surface area contributed by atoms with Crippen LogP contribution in [0.15, 0.2) is 0 Å². The fraction of sp³-hybridized carbons (Fsp3) is 1.00. The van der Waals surface area contributed by atoms with Gasteiger partial charge >= 0.3 is 0 Å². The van der Waals surface area contributed by atoms with Gasteiger partial charge in [-0.15, -0.1) is 0 Å². The third-order valence-electron chi connectivity index (χ3n) is 4.72. The zero-order valence-corrected chi connectivity index (χ0v) is 11.0. The topological polar surface area (TPSA) is 24.5 Å². The molecule has 0 radical (unpaired) electrons. The maximum atomic E-state index is 5.76. The molecular formula is C14H26N2O. The molecule has 1 N–H and O–H groups in total. The lowest BCUT2D eigenvalue weighted by molar-refractivity contribution is -0.0702. The molecule has 3 fully saturated rings. The number of hydrogen-bond acceptors (Lipinski definition) is 3. The van der Waals surface area contributed by atoms with Crippen LogP contribution < -0.4 is 5.32 Å². The van der Waals surface area contributed by atoms with Crippen molar-refractivity contribution in [2.24, 2.45) is 5.92 Å². The fourth-order valence-electron chi connectivity index (χ4n) is 3.17. The molecule has 0 spiro atoms. The summed E-state index contributed by atoms with van der Waals surface area (Å²) in [5.41, 5.74) is 0. The van der Waals surface area contributed by atoms with Gasteiger partial charge in [-0.3, -0.25) is 4.90 Å². The van der Waals surface area contributed by atoms with E-state index in [-0.39, 0.29) is 0 Å². The Morgan fingerprint density at radius 3 is 2.76 bits per heavy atom. The van der Waals surface area contributed by atoms with Gasteiger partial charge in [0.25, 0.3) is 0 Å². The molecule has 1 heterocycles. The van der Waals surface area contributed by atoms with Gasteiger partial charge in [-0.2, -0.15) is 0 Å². The molecule has 3 rings (SSSR count). The Balaban J connectivity index is 1.45. The van der Waals surface area contributed by atoms with Gasteiger partial charge in [-0.25, -0.2) is 0 Å². The molecule has 2 saturated carbocycles. The van der Waals surface area contributed by atoms with E-state index in [4.69, 9.17) is 4.74 Å². The predicted molar refractivity (Wildman–Crippen MR) is 69.1 cm³/mol. The van der Waals surface area contributed by atoms with E-state index in [2.05, 4.69) is 17.1 Å². The van der Waals surface area contributed by atoms with Gasteiger partial charge < -0.3 is 10.1 Å². The van der Waals surface area contributed by atoms with Crippen LogP contribution in [0.1, 0.15) is 39.0 Å². The van der Waals surface area contributed by atoms with Crippen molar-refractivity contribution in [3.8, 4) is 0 Å². The van der Waals surface area contributed by atoms with Crippen molar-refractivity contribution in [3.05, 3.63) is 0 Å².